The molecule has 0 heterocycles. The Labute approximate surface area is 122 Å². The number of ether oxygens (including phenoxy) is 1. The number of hydrogen-bond donors (Lipinski definition) is 1. The molecule has 0 aromatic rings. The fraction of sp³-hybridized carbons (Fsp3) is 0.875. The summed E-state index contributed by atoms with van der Waals surface area (Å²) in [5.41, 5.74) is -0.877. The molecule has 1 N–H and O–H groups in total. The van der Waals surface area contributed by atoms with Crippen LogP contribution in [0.4, 0.5) is 4.79 Å². The first-order chi connectivity index (χ1) is 9.00. The number of ketones is 1. The van der Waals surface area contributed by atoms with Crippen molar-refractivity contribution in [3.63, 3.8) is 0 Å². The van der Waals surface area contributed by atoms with Crippen molar-refractivity contribution in [3.8, 4) is 0 Å². The molecule has 1 aliphatic rings. The molecule has 0 unspecified atom stereocenters. The summed E-state index contributed by atoms with van der Waals surface area (Å²) in [4.78, 5) is 24.4. The van der Waals surface area contributed by atoms with E-state index in [1.54, 1.807) is 0 Å². The minimum absolute atomic E-state index is 0.0868. The third-order valence-electron chi connectivity index (χ3n) is 3.54. The van der Waals surface area contributed by atoms with Crippen LogP contribution in [0.2, 0.25) is 0 Å². The van der Waals surface area contributed by atoms with E-state index in [1.165, 1.54) is 0 Å². The van der Waals surface area contributed by atoms with Crippen LogP contribution < -0.4 is 5.32 Å². The number of Topliss-reactive ketones (excluding diaryl/α,β-unsaturated/α-hetero) is 1. The molecule has 0 aliphatic heterocycles. The van der Waals surface area contributed by atoms with Gasteiger partial charge in [0, 0.05) is 17.4 Å². The lowest BCUT2D eigenvalue weighted by molar-refractivity contribution is -0.132. The first-order valence-corrected chi connectivity index (χ1v) is 7.54. The molecule has 0 radical (unpaired) electrons. The molecule has 20 heavy (non-hydrogen) atoms. The van der Waals surface area contributed by atoms with Gasteiger partial charge in [-0.3, -0.25) is 4.79 Å². The average molecular weight is 283 g/mol. The Hall–Kier alpha value is -1.06. The van der Waals surface area contributed by atoms with Crippen LogP contribution in [-0.4, -0.2) is 23.5 Å². The molecule has 1 saturated carbocycles. The first-order valence-electron chi connectivity index (χ1n) is 7.54. The smallest absolute Gasteiger partial charge is 0.407 e. The van der Waals surface area contributed by atoms with E-state index in [0.717, 1.165) is 25.7 Å². The second-order valence-electron chi connectivity index (χ2n) is 7.76. The summed E-state index contributed by atoms with van der Waals surface area (Å²) in [6, 6.07) is -0.0923. The number of rotatable bonds is 2. The summed E-state index contributed by atoms with van der Waals surface area (Å²) < 4.78 is 5.29. The van der Waals surface area contributed by atoms with Gasteiger partial charge in [0.2, 0.25) is 0 Å². The van der Waals surface area contributed by atoms with Gasteiger partial charge >= 0.3 is 6.09 Å². The van der Waals surface area contributed by atoms with Crippen LogP contribution in [-0.2, 0) is 9.53 Å². The second kappa shape index (κ2) is 6.15. The zero-order valence-corrected chi connectivity index (χ0v) is 13.7. The maximum atomic E-state index is 12.5. The third-order valence-corrected chi connectivity index (χ3v) is 3.54. The molecule has 1 rings (SSSR count). The number of carbonyl (C=O) groups is 2. The Morgan fingerprint density at radius 2 is 1.55 bits per heavy atom. The van der Waals surface area contributed by atoms with E-state index >= 15 is 0 Å². The highest BCUT2D eigenvalue weighted by molar-refractivity contribution is 5.87. The maximum Gasteiger partial charge on any atom is 0.407 e. The van der Waals surface area contributed by atoms with Crippen LogP contribution in [0.3, 0.4) is 0 Å². The molecular formula is C16H29NO3. The van der Waals surface area contributed by atoms with Gasteiger partial charge in [-0.05, 0) is 33.6 Å². The minimum atomic E-state index is -0.512. The van der Waals surface area contributed by atoms with E-state index in [-0.39, 0.29) is 23.2 Å². The SMILES string of the molecule is CC(C)(C)OC(=O)N[C@H]1CCCC[C@H]1C(=O)C(C)(C)C. The monoisotopic (exact) mass is 283 g/mol. The zero-order valence-electron chi connectivity index (χ0n) is 13.7. The number of hydrogen-bond acceptors (Lipinski definition) is 3. The van der Waals surface area contributed by atoms with Gasteiger partial charge in [0.1, 0.15) is 11.4 Å². The summed E-state index contributed by atoms with van der Waals surface area (Å²) in [7, 11) is 0. The lowest BCUT2D eigenvalue weighted by Crippen LogP contribution is -2.48. The normalized spacial score (nSPS) is 24.1. The maximum absolute atomic E-state index is 12.5. The third kappa shape index (κ3) is 5.14. The molecule has 1 amide bonds. The highest BCUT2D eigenvalue weighted by atomic mass is 16.6. The predicted octanol–water partition coefficient (Wildman–Crippen LogP) is 3.69. The number of nitrogens with one attached hydrogen (secondary N) is 1. The van der Waals surface area contributed by atoms with Gasteiger partial charge in [-0.1, -0.05) is 33.6 Å². The van der Waals surface area contributed by atoms with Crippen molar-refractivity contribution in [1.82, 2.24) is 5.32 Å². The van der Waals surface area contributed by atoms with E-state index in [2.05, 4.69) is 5.32 Å². The number of alkyl carbamates (subject to hydrolysis) is 1. The number of carbonyl (C=O) groups excluding carboxylic acids is 2. The van der Waals surface area contributed by atoms with E-state index in [0.29, 0.717) is 0 Å². The Morgan fingerprint density at radius 3 is 2.05 bits per heavy atom. The second-order valence-corrected chi connectivity index (χ2v) is 7.76. The van der Waals surface area contributed by atoms with Crippen molar-refractivity contribution in [2.75, 3.05) is 0 Å². The molecule has 4 nitrogen and oxygen atoms in total. The van der Waals surface area contributed by atoms with Crippen LogP contribution >= 0.6 is 0 Å². The van der Waals surface area contributed by atoms with Crippen LogP contribution in [0.1, 0.15) is 67.2 Å². The van der Waals surface area contributed by atoms with Crippen LogP contribution in [0.5, 0.6) is 0 Å². The predicted molar refractivity (Wildman–Crippen MR) is 79.6 cm³/mol. The van der Waals surface area contributed by atoms with Crippen molar-refractivity contribution in [3.05, 3.63) is 0 Å². The van der Waals surface area contributed by atoms with E-state index in [9.17, 15) is 9.59 Å². The Bertz CT molecular complexity index is 363. The Balaban J connectivity index is 2.70. The van der Waals surface area contributed by atoms with Crippen LogP contribution in [0.25, 0.3) is 0 Å². The van der Waals surface area contributed by atoms with Gasteiger partial charge in [0.15, 0.2) is 0 Å². The van der Waals surface area contributed by atoms with Crippen molar-refractivity contribution in [1.29, 1.82) is 0 Å². The average Bonchev–Trinajstić information content (AvgIpc) is 2.24. The summed E-state index contributed by atoms with van der Waals surface area (Å²) in [5.74, 6) is 0.148. The minimum Gasteiger partial charge on any atom is -0.444 e. The number of amides is 1. The van der Waals surface area contributed by atoms with Crippen molar-refractivity contribution in [2.24, 2.45) is 11.3 Å². The van der Waals surface area contributed by atoms with Crippen molar-refractivity contribution in [2.45, 2.75) is 78.9 Å². The highest BCUT2D eigenvalue weighted by Gasteiger charge is 2.37. The van der Waals surface area contributed by atoms with Crippen LogP contribution in [0.15, 0.2) is 0 Å². The topological polar surface area (TPSA) is 55.4 Å². The summed E-state index contributed by atoms with van der Waals surface area (Å²) in [6.07, 6.45) is 3.39. The molecule has 0 spiro atoms. The lowest BCUT2D eigenvalue weighted by atomic mass is 9.74. The van der Waals surface area contributed by atoms with Crippen molar-refractivity contribution >= 4 is 11.9 Å². The highest BCUT2D eigenvalue weighted by Crippen LogP contribution is 2.31. The molecule has 4 heteroatoms. The standard InChI is InChI=1S/C16H29NO3/c1-15(2,3)13(18)11-9-7-8-10-12(11)17-14(19)20-16(4,5)6/h11-12H,7-10H2,1-6H3,(H,17,19)/t11-,12+/m1/s1. The molecule has 0 aromatic carbocycles. The molecular weight excluding hydrogens is 254 g/mol. The van der Waals surface area contributed by atoms with Gasteiger partial charge in [-0.25, -0.2) is 4.79 Å². The molecule has 2 atom stereocenters. The molecule has 1 fully saturated rings. The molecule has 0 aromatic heterocycles. The fourth-order valence-electron chi connectivity index (χ4n) is 2.63. The van der Waals surface area contributed by atoms with Gasteiger partial charge < -0.3 is 10.1 Å². The Kier molecular flexibility index (Phi) is 5.22. The summed E-state index contributed by atoms with van der Waals surface area (Å²) in [6.45, 7) is 11.3. The largest absolute Gasteiger partial charge is 0.444 e. The molecule has 1 aliphatic carbocycles. The first kappa shape index (κ1) is 17.0. The molecule has 0 saturated heterocycles. The summed E-state index contributed by atoms with van der Waals surface area (Å²) >= 11 is 0. The quantitative estimate of drug-likeness (QED) is 0.841. The van der Waals surface area contributed by atoms with Gasteiger partial charge in [-0.15, -0.1) is 0 Å². The van der Waals surface area contributed by atoms with Crippen molar-refractivity contribution < 1.29 is 14.3 Å². The van der Waals surface area contributed by atoms with Gasteiger partial charge in [-0.2, -0.15) is 0 Å². The molecule has 116 valence electrons. The zero-order chi connectivity index (χ0) is 15.6. The Morgan fingerprint density at radius 1 is 1.00 bits per heavy atom. The summed E-state index contributed by atoms with van der Waals surface area (Å²) in [5, 5.41) is 2.90. The van der Waals surface area contributed by atoms with E-state index < -0.39 is 11.7 Å². The van der Waals surface area contributed by atoms with E-state index in [1.807, 2.05) is 41.5 Å². The van der Waals surface area contributed by atoms with Crippen LogP contribution in [0, 0.1) is 11.3 Å². The van der Waals surface area contributed by atoms with Gasteiger partial charge in [0.05, 0.1) is 0 Å². The lowest BCUT2D eigenvalue weighted by Gasteiger charge is -2.35. The molecule has 0 bridgehead atoms. The fourth-order valence-corrected chi connectivity index (χ4v) is 2.63. The van der Waals surface area contributed by atoms with Gasteiger partial charge in [0.25, 0.3) is 0 Å². The van der Waals surface area contributed by atoms with E-state index in [4.69, 9.17) is 4.74 Å².